The highest BCUT2D eigenvalue weighted by Gasteiger charge is 2.35. The fourth-order valence-corrected chi connectivity index (χ4v) is 2.93. The minimum absolute atomic E-state index is 0.218. The van der Waals surface area contributed by atoms with E-state index in [1.807, 2.05) is 18.2 Å². The van der Waals surface area contributed by atoms with E-state index in [9.17, 15) is 4.79 Å². The monoisotopic (exact) mass is 276 g/mol. The van der Waals surface area contributed by atoms with Gasteiger partial charge in [-0.15, -0.1) is 0 Å². The van der Waals surface area contributed by atoms with Gasteiger partial charge in [-0.25, -0.2) is 0 Å². The summed E-state index contributed by atoms with van der Waals surface area (Å²) < 4.78 is 0. The van der Waals surface area contributed by atoms with Crippen molar-refractivity contribution in [1.29, 1.82) is 0 Å². The highest BCUT2D eigenvalue weighted by Crippen LogP contribution is 2.29. The number of hydrogen-bond donors (Lipinski definition) is 2. The van der Waals surface area contributed by atoms with Crippen molar-refractivity contribution in [3.8, 4) is 0 Å². The van der Waals surface area contributed by atoms with E-state index in [4.69, 9.17) is 5.11 Å². The van der Waals surface area contributed by atoms with Crippen molar-refractivity contribution >= 4 is 11.7 Å². The van der Waals surface area contributed by atoms with E-state index in [1.165, 1.54) is 5.69 Å². The Balaban J connectivity index is 2.00. The SMILES string of the molecule is CCCNC1(CC(=O)O)CCN(c2ccccc2)CC1. The minimum Gasteiger partial charge on any atom is -0.481 e. The number of benzene rings is 1. The molecule has 0 aromatic heterocycles. The van der Waals surface area contributed by atoms with Gasteiger partial charge in [-0.1, -0.05) is 25.1 Å². The van der Waals surface area contributed by atoms with Crippen LogP contribution in [0.4, 0.5) is 5.69 Å². The van der Waals surface area contributed by atoms with Crippen LogP contribution in [-0.2, 0) is 4.79 Å². The molecule has 0 atom stereocenters. The molecule has 0 bridgehead atoms. The van der Waals surface area contributed by atoms with E-state index in [2.05, 4.69) is 29.3 Å². The van der Waals surface area contributed by atoms with Crippen LogP contribution >= 0.6 is 0 Å². The summed E-state index contributed by atoms with van der Waals surface area (Å²) in [6.45, 7) is 4.82. The van der Waals surface area contributed by atoms with Crippen LogP contribution in [0.2, 0.25) is 0 Å². The number of rotatable bonds is 6. The summed E-state index contributed by atoms with van der Waals surface area (Å²) in [5.74, 6) is -0.707. The Morgan fingerprint density at radius 2 is 1.95 bits per heavy atom. The molecule has 0 aliphatic carbocycles. The van der Waals surface area contributed by atoms with Crippen LogP contribution in [-0.4, -0.2) is 36.2 Å². The van der Waals surface area contributed by atoms with E-state index in [1.54, 1.807) is 0 Å². The van der Waals surface area contributed by atoms with Crippen molar-refractivity contribution in [3.05, 3.63) is 30.3 Å². The third kappa shape index (κ3) is 3.73. The number of para-hydroxylation sites is 1. The molecule has 1 aromatic carbocycles. The maximum Gasteiger partial charge on any atom is 0.305 e. The molecule has 2 N–H and O–H groups in total. The van der Waals surface area contributed by atoms with Crippen LogP contribution in [0.15, 0.2) is 30.3 Å². The maximum atomic E-state index is 11.1. The average molecular weight is 276 g/mol. The van der Waals surface area contributed by atoms with Crippen molar-refractivity contribution in [2.45, 2.75) is 38.1 Å². The molecule has 0 spiro atoms. The normalized spacial score (nSPS) is 17.9. The van der Waals surface area contributed by atoms with E-state index in [0.29, 0.717) is 0 Å². The largest absolute Gasteiger partial charge is 0.481 e. The van der Waals surface area contributed by atoms with Gasteiger partial charge in [-0.2, -0.15) is 0 Å². The number of piperidine rings is 1. The first-order valence-electron chi connectivity index (χ1n) is 7.42. The smallest absolute Gasteiger partial charge is 0.305 e. The molecule has 2 rings (SSSR count). The molecular weight excluding hydrogens is 252 g/mol. The summed E-state index contributed by atoms with van der Waals surface area (Å²) in [6, 6.07) is 10.3. The van der Waals surface area contributed by atoms with Gasteiger partial charge in [0.1, 0.15) is 0 Å². The molecule has 1 heterocycles. The highest BCUT2D eigenvalue weighted by molar-refractivity contribution is 5.68. The third-order valence-electron chi connectivity index (χ3n) is 4.08. The standard InChI is InChI=1S/C16H24N2O2/c1-2-10-17-16(13-15(19)20)8-11-18(12-9-16)14-6-4-3-5-7-14/h3-7,17H,2,8-13H2,1H3,(H,19,20). The molecule has 0 amide bonds. The predicted molar refractivity (Wildman–Crippen MR) is 81.2 cm³/mol. The topological polar surface area (TPSA) is 52.6 Å². The summed E-state index contributed by atoms with van der Waals surface area (Å²) in [4.78, 5) is 13.5. The first kappa shape index (κ1) is 14.9. The zero-order chi connectivity index (χ0) is 14.4. The Morgan fingerprint density at radius 1 is 1.30 bits per heavy atom. The van der Waals surface area contributed by atoms with Gasteiger partial charge in [0.05, 0.1) is 6.42 Å². The average Bonchev–Trinajstić information content (AvgIpc) is 2.46. The maximum absolute atomic E-state index is 11.1. The second-order valence-electron chi connectivity index (χ2n) is 5.60. The fraction of sp³-hybridized carbons (Fsp3) is 0.562. The number of hydrogen-bond acceptors (Lipinski definition) is 3. The summed E-state index contributed by atoms with van der Waals surface area (Å²) in [6.07, 6.45) is 3.02. The Labute approximate surface area is 120 Å². The molecule has 1 aliphatic rings. The van der Waals surface area contributed by atoms with E-state index in [0.717, 1.165) is 38.9 Å². The Bertz CT molecular complexity index is 425. The molecule has 1 saturated heterocycles. The van der Waals surface area contributed by atoms with Crippen LogP contribution in [0, 0.1) is 0 Å². The van der Waals surface area contributed by atoms with Gasteiger partial charge >= 0.3 is 5.97 Å². The molecule has 110 valence electrons. The number of carboxylic acids is 1. The van der Waals surface area contributed by atoms with Gasteiger partial charge in [-0.3, -0.25) is 4.79 Å². The summed E-state index contributed by atoms with van der Waals surface area (Å²) in [5, 5.41) is 12.6. The van der Waals surface area contributed by atoms with Crippen molar-refractivity contribution in [2.75, 3.05) is 24.5 Å². The van der Waals surface area contributed by atoms with Gasteiger partial charge < -0.3 is 15.3 Å². The summed E-state index contributed by atoms with van der Waals surface area (Å²) in [7, 11) is 0. The molecule has 0 saturated carbocycles. The van der Waals surface area contributed by atoms with Crippen molar-refractivity contribution < 1.29 is 9.90 Å². The van der Waals surface area contributed by atoms with E-state index in [-0.39, 0.29) is 12.0 Å². The molecule has 1 aromatic rings. The van der Waals surface area contributed by atoms with Gasteiger partial charge in [0.2, 0.25) is 0 Å². The summed E-state index contributed by atoms with van der Waals surface area (Å²) in [5.41, 5.74) is 1.000. The van der Waals surface area contributed by atoms with Crippen LogP contribution in [0.3, 0.4) is 0 Å². The third-order valence-corrected chi connectivity index (χ3v) is 4.08. The molecule has 0 unspecified atom stereocenters. The van der Waals surface area contributed by atoms with Gasteiger partial charge in [0, 0.05) is 24.3 Å². The zero-order valence-corrected chi connectivity index (χ0v) is 12.1. The van der Waals surface area contributed by atoms with Gasteiger partial charge in [0.15, 0.2) is 0 Å². The Morgan fingerprint density at radius 3 is 2.50 bits per heavy atom. The summed E-state index contributed by atoms with van der Waals surface area (Å²) >= 11 is 0. The fourth-order valence-electron chi connectivity index (χ4n) is 2.93. The molecule has 1 aliphatic heterocycles. The molecule has 4 heteroatoms. The van der Waals surface area contributed by atoms with Crippen molar-refractivity contribution in [3.63, 3.8) is 0 Å². The predicted octanol–water partition coefficient (Wildman–Crippen LogP) is 2.50. The van der Waals surface area contributed by atoms with Gasteiger partial charge in [0.25, 0.3) is 0 Å². The number of nitrogens with one attached hydrogen (secondary N) is 1. The number of carboxylic acid groups (broad SMARTS) is 1. The second-order valence-corrected chi connectivity index (χ2v) is 5.60. The number of aliphatic carboxylic acids is 1. The molecule has 4 nitrogen and oxygen atoms in total. The second kappa shape index (κ2) is 6.75. The molecule has 1 fully saturated rings. The lowest BCUT2D eigenvalue weighted by Crippen LogP contribution is -2.54. The lowest BCUT2D eigenvalue weighted by Gasteiger charge is -2.42. The minimum atomic E-state index is -0.707. The lowest BCUT2D eigenvalue weighted by molar-refractivity contribution is -0.139. The van der Waals surface area contributed by atoms with Gasteiger partial charge in [-0.05, 0) is 37.9 Å². The van der Waals surface area contributed by atoms with E-state index < -0.39 is 5.97 Å². The van der Waals surface area contributed by atoms with Crippen LogP contribution in [0.1, 0.15) is 32.6 Å². The molecular formula is C16H24N2O2. The lowest BCUT2D eigenvalue weighted by atomic mass is 9.84. The number of carbonyl (C=O) groups is 1. The first-order valence-corrected chi connectivity index (χ1v) is 7.42. The van der Waals surface area contributed by atoms with Crippen molar-refractivity contribution in [1.82, 2.24) is 5.32 Å². The number of nitrogens with zero attached hydrogens (tertiary/aromatic N) is 1. The molecule has 0 radical (unpaired) electrons. The first-order chi connectivity index (χ1) is 9.65. The quantitative estimate of drug-likeness (QED) is 0.838. The van der Waals surface area contributed by atoms with Crippen LogP contribution in [0.25, 0.3) is 0 Å². The van der Waals surface area contributed by atoms with Crippen LogP contribution < -0.4 is 10.2 Å². The number of anilines is 1. The van der Waals surface area contributed by atoms with Crippen LogP contribution in [0.5, 0.6) is 0 Å². The molecule has 20 heavy (non-hydrogen) atoms. The highest BCUT2D eigenvalue weighted by atomic mass is 16.4. The Kier molecular flexibility index (Phi) is 5.01. The van der Waals surface area contributed by atoms with E-state index >= 15 is 0 Å². The zero-order valence-electron chi connectivity index (χ0n) is 12.1. The Hall–Kier alpha value is -1.55. The van der Waals surface area contributed by atoms with Crippen molar-refractivity contribution in [2.24, 2.45) is 0 Å².